The number of carbonyl (C=O) groups excluding carboxylic acids is 2. The Labute approximate surface area is 231 Å². The Morgan fingerprint density at radius 2 is 1.38 bits per heavy atom. The zero-order valence-electron chi connectivity index (χ0n) is 23.6. The quantitative estimate of drug-likeness (QED) is 0.270. The molecule has 1 aliphatic rings. The molecule has 6 nitrogen and oxygen atoms in total. The molecule has 0 fully saturated rings. The predicted molar refractivity (Wildman–Crippen MR) is 154 cm³/mol. The molecule has 4 rings (SSSR count). The molecule has 3 aromatic carbocycles. The van der Waals surface area contributed by atoms with Crippen molar-refractivity contribution < 1.29 is 19.1 Å². The maximum atomic E-state index is 13.4. The van der Waals surface area contributed by atoms with Gasteiger partial charge in [0.25, 0.3) is 0 Å². The van der Waals surface area contributed by atoms with Crippen LogP contribution in [0.1, 0.15) is 51.3 Å². The van der Waals surface area contributed by atoms with Gasteiger partial charge in [0, 0.05) is 12.0 Å². The summed E-state index contributed by atoms with van der Waals surface area (Å²) in [5.41, 5.74) is 3.40. The summed E-state index contributed by atoms with van der Waals surface area (Å²) < 4.78 is 10.7. The van der Waals surface area contributed by atoms with Gasteiger partial charge in [0.2, 0.25) is 0 Å². The lowest BCUT2D eigenvalue weighted by Gasteiger charge is -2.41. The van der Waals surface area contributed by atoms with Crippen LogP contribution in [0.5, 0.6) is 0 Å². The first-order valence-electron chi connectivity index (χ1n) is 13.2. The SMILES string of the molecule is COC(=O)[C@H](NC1(c2ccccc2)c2ccccc2-c2ccccc21)C(C)(C)/C=C/CNC(=O)OC(C)(C)C. The lowest BCUT2D eigenvalue weighted by Crippen LogP contribution is -2.57. The number of esters is 1. The van der Waals surface area contributed by atoms with E-state index in [0.717, 1.165) is 27.8 Å². The number of hydrogen-bond donors (Lipinski definition) is 2. The van der Waals surface area contributed by atoms with Gasteiger partial charge in [-0.05, 0) is 48.6 Å². The largest absolute Gasteiger partial charge is 0.468 e. The molecule has 2 N–H and O–H groups in total. The molecule has 3 aromatic rings. The fourth-order valence-electron chi connectivity index (χ4n) is 5.27. The Balaban J connectivity index is 1.74. The molecule has 1 atom stereocenters. The number of rotatable bonds is 8. The van der Waals surface area contributed by atoms with E-state index in [-0.39, 0.29) is 12.5 Å². The minimum atomic E-state index is -0.785. The van der Waals surface area contributed by atoms with Crippen LogP contribution in [0.3, 0.4) is 0 Å². The third kappa shape index (κ3) is 5.76. The fraction of sp³-hybridized carbons (Fsp3) is 0.333. The molecule has 0 spiro atoms. The van der Waals surface area contributed by atoms with Crippen LogP contribution in [0.15, 0.2) is 91.0 Å². The Morgan fingerprint density at radius 1 is 0.846 bits per heavy atom. The molecule has 1 amide bonds. The van der Waals surface area contributed by atoms with Crippen LogP contribution in [0.2, 0.25) is 0 Å². The summed E-state index contributed by atoms with van der Waals surface area (Å²) in [7, 11) is 1.41. The molecule has 0 saturated carbocycles. The van der Waals surface area contributed by atoms with Crippen LogP contribution < -0.4 is 10.6 Å². The molecular weight excluding hydrogens is 488 g/mol. The molecule has 204 valence electrons. The molecule has 0 radical (unpaired) electrons. The molecule has 1 aliphatic carbocycles. The van der Waals surface area contributed by atoms with Crippen molar-refractivity contribution in [1.82, 2.24) is 10.6 Å². The number of carbonyl (C=O) groups is 2. The number of alkyl carbamates (subject to hydrolysis) is 1. The Kier molecular flexibility index (Phi) is 7.98. The second-order valence-corrected chi connectivity index (χ2v) is 11.4. The maximum absolute atomic E-state index is 13.4. The van der Waals surface area contributed by atoms with E-state index in [1.807, 2.05) is 89.2 Å². The lowest BCUT2D eigenvalue weighted by molar-refractivity contribution is -0.146. The van der Waals surface area contributed by atoms with Gasteiger partial charge in [0.15, 0.2) is 0 Å². The molecule has 0 aromatic heterocycles. The van der Waals surface area contributed by atoms with Crippen LogP contribution in [0, 0.1) is 5.41 Å². The van der Waals surface area contributed by atoms with E-state index < -0.39 is 28.7 Å². The highest BCUT2D eigenvalue weighted by atomic mass is 16.6. The second kappa shape index (κ2) is 11.1. The fourth-order valence-corrected chi connectivity index (χ4v) is 5.27. The number of fused-ring (bicyclic) bond motifs is 3. The van der Waals surface area contributed by atoms with Crippen molar-refractivity contribution in [2.75, 3.05) is 13.7 Å². The van der Waals surface area contributed by atoms with Gasteiger partial charge in [0.05, 0.1) is 12.6 Å². The molecule has 0 heterocycles. The van der Waals surface area contributed by atoms with Crippen molar-refractivity contribution in [3.05, 3.63) is 108 Å². The van der Waals surface area contributed by atoms with Crippen LogP contribution in [-0.2, 0) is 19.8 Å². The van der Waals surface area contributed by atoms with E-state index in [1.165, 1.54) is 7.11 Å². The van der Waals surface area contributed by atoms with E-state index in [1.54, 1.807) is 0 Å². The van der Waals surface area contributed by atoms with Crippen LogP contribution in [0.4, 0.5) is 4.79 Å². The number of nitrogens with one attached hydrogen (secondary N) is 2. The van der Waals surface area contributed by atoms with Crippen molar-refractivity contribution in [2.45, 2.75) is 51.8 Å². The third-order valence-electron chi connectivity index (χ3n) is 7.01. The van der Waals surface area contributed by atoms with Crippen molar-refractivity contribution in [1.29, 1.82) is 0 Å². The molecule has 0 saturated heterocycles. The predicted octanol–water partition coefficient (Wildman–Crippen LogP) is 6.20. The Bertz CT molecular complexity index is 1310. The summed E-state index contributed by atoms with van der Waals surface area (Å²) in [6.07, 6.45) is 3.28. The first kappa shape index (κ1) is 28.1. The second-order valence-electron chi connectivity index (χ2n) is 11.4. The highest BCUT2D eigenvalue weighted by molar-refractivity contribution is 5.84. The number of benzene rings is 3. The van der Waals surface area contributed by atoms with Crippen molar-refractivity contribution in [3.8, 4) is 11.1 Å². The van der Waals surface area contributed by atoms with Gasteiger partial charge >= 0.3 is 12.1 Å². The van der Waals surface area contributed by atoms with Crippen molar-refractivity contribution in [2.24, 2.45) is 5.41 Å². The van der Waals surface area contributed by atoms with Gasteiger partial charge in [-0.1, -0.05) is 105 Å². The number of methoxy groups -OCH3 is 1. The Hall–Kier alpha value is -3.90. The van der Waals surface area contributed by atoms with Gasteiger partial charge in [-0.25, -0.2) is 4.79 Å². The number of ether oxygens (including phenoxy) is 2. The number of hydrogen-bond acceptors (Lipinski definition) is 5. The standard InChI is InChI=1S/C33H38N2O4/c1-31(2,3)39-30(37)34-22-14-21-32(4,5)28(29(36)38-6)35-33(23-15-8-7-9-16-23)26-19-12-10-17-24(26)25-18-11-13-20-27(25)33/h7-21,28,35H,22H2,1-6H3,(H,34,37)/b21-14+/t28-/m0/s1. The zero-order valence-corrected chi connectivity index (χ0v) is 23.6. The first-order chi connectivity index (χ1) is 18.5. The smallest absolute Gasteiger partial charge is 0.407 e. The average molecular weight is 527 g/mol. The molecule has 0 unspecified atom stereocenters. The molecular formula is C33H38N2O4. The highest BCUT2D eigenvalue weighted by Crippen LogP contribution is 2.51. The summed E-state index contributed by atoms with van der Waals surface area (Å²) in [5.74, 6) is -0.373. The third-order valence-corrected chi connectivity index (χ3v) is 7.01. The Morgan fingerprint density at radius 3 is 1.92 bits per heavy atom. The van der Waals surface area contributed by atoms with Gasteiger partial charge in [0.1, 0.15) is 11.6 Å². The van der Waals surface area contributed by atoms with Gasteiger partial charge in [-0.15, -0.1) is 0 Å². The minimum Gasteiger partial charge on any atom is -0.468 e. The molecule has 39 heavy (non-hydrogen) atoms. The summed E-state index contributed by atoms with van der Waals surface area (Å²) in [6, 6.07) is 26.1. The minimum absolute atomic E-state index is 0.266. The molecule has 6 heteroatoms. The number of amides is 1. The van der Waals surface area contributed by atoms with E-state index in [4.69, 9.17) is 9.47 Å². The maximum Gasteiger partial charge on any atom is 0.407 e. The van der Waals surface area contributed by atoms with Crippen LogP contribution >= 0.6 is 0 Å². The monoisotopic (exact) mass is 526 g/mol. The van der Waals surface area contributed by atoms with E-state index in [0.29, 0.717) is 0 Å². The normalized spacial score (nSPS) is 14.8. The summed E-state index contributed by atoms with van der Waals surface area (Å²) in [5, 5.41) is 6.53. The van der Waals surface area contributed by atoms with Crippen LogP contribution in [0.25, 0.3) is 11.1 Å². The highest BCUT2D eigenvalue weighted by Gasteiger charge is 2.49. The van der Waals surface area contributed by atoms with Crippen molar-refractivity contribution >= 4 is 12.1 Å². The van der Waals surface area contributed by atoms with Gasteiger partial charge in [-0.2, -0.15) is 0 Å². The van der Waals surface area contributed by atoms with E-state index in [9.17, 15) is 9.59 Å². The van der Waals surface area contributed by atoms with Crippen molar-refractivity contribution in [3.63, 3.8) is 0 Å². The summed E-state index contributed by atoms with van der Waals surface area (Å²) >= 11 is 0. The first-order valence-corrected chi connectivity index (χ1v) is 13.2. The molecule has 0 bridgehead atoms. The molecule has 0 aliphatic heterocycles. The summed E-state index contributed by atoms with van der Waals surface area (Å²) in [4.78, 5) is 25.5. The lowest BCUT2D eigenvalue weighted by atomic mass is 9.76. The van der Waals surface area contributed by atoms with Crippen LogP contribution in [-0.4, -0.2) is 37.4 Å². The summed E-state index contributed by atoms with van der Waals surface area (Å²) in [6.45, 7) is 9.69. The zero-order chi connectivity index (χ0) is 28.3. The van der Waals surface area contributed by atoms with E-state index in [2.05, 4.69) is 47.0 Å². The van der Waals surface area contributed by atoms with Gasteiger partial charge in [-0.3, -0.25) is 10.1 Å². The average Bonchev–Trinajstić information content (AvgIpc) is 3.19. The topological polar surface area (TPSA) is 76.7 Å². The van der Waals surface area contributed by atoms with E-state index >= 15 is 0 Å². The van der Waals surface area contributed by atoms with Gasteiger partial charge < -0.3 is 14.8 Å².